The zero-order valence-electron chi connectivity index (χ0n) is 9.05. The van der Waals surface area contributed by atoms with E-state index in [9.17, 15) is 9.90 Å². The standard InChI is InChI=1S/C10H19NO4/c1-7(5-3-4-6-12)9(13)8(11-2)10(14)15/h3-4,7-9,11-13H,5-6H2,1-2H3,(H,14,15)/b4-3+. The van der Waals surface area contributed by atoms with Crippen molar-refractivity contribution in [1.29, 1.82) is 0 Å². The quantitative estimate of drug-likeness (QED) is 0.435. The lowest BCUT2D eigenvalue weighted by Crippen LogP contribution is -2.47. The van der Waals surface area contributed by atoms with E-state index in [-0.39, 0.29) is 12.5 Å². The Morgan fingerprint density at radius 3 is 2.47 bits per heavy atom. The third-order valence-corrected chi connectivity index (χ3v) is 2.28. The molecule has 0 aromatic carbocycles. The summed E-state index contributed by atoms with van der Waals surface area (Å²) in [6.07, 6.45) is 2.88. The summed E-state index contributed by atoms with van der Waals surface area (Å²) in [5.74, 6) is -1.25. The molecule has 0 saturated carbocycles. The topological polar surface area (TPSA) is 89.8 Å². The molecule has 15 heavy (non-hydrogen) atoms. The van der Waals surface area contributed by atoms with Crippen LogP contribution in [0.3, 0.4) is 0 Å². The number of likely N-dealkylation sites (N-methyl/N-ethyl adjacent to an activating group) is 1. The summed E-state index contributed by atoms with van der Waals surface area (Å²) in [5, 5.41) is 29.5. The maximum Gasteiger partial charge on any atom is 0.323 e. The summed E-state index contributed by atoms with van der Waals surface area (Å²) in [7, 11) is 1.50. The summed E-state index contributed by atoms with van der Waals surface area (Å²) in [6, 6.07) is -0.956. The Morgan fingerprint density at radius 2 is 2.07 bits per heavy atom. The number of hydrogen-bond acceptors (Lipinski definition) is 4. The van der Waals surface area contributed by atoms with Crippen molar-refractivity contribution in [2.45, 2.75) is 25.5 Å². The highest BCUT2D eigenvalue weighted by Gasteiger charge is 2.28. The highest BCUT2D eigenvalue weighted by molar-refractivity contribution is 5.74. The maximum absolute atomic E-state index is 10.7. The van der Waals surface area contributed by atoms with Gasteiger partial charge in [0.25, 0.3) is 0 Å². The first-order valence-electron chi connectivity index (χ1n) is 4.88. The van der Waals surface area contributed by atoms with Gasteiger partial charge in [0.1, 0.15) is 6.04 Å². The minimum absolute atomic E-state index is 0.0444. The van der Waals surface area contributed by atoms with Crippen molar-refractivity contribution < 1.29 is 20.1 Å². The Morgan fingerprint density at radius 1 is 1.47 bits per heavy atom. The van der Waals surface area contributed by atoms with Crippen LogP contribution in [0.5, 0.6) is 0 Å². The molecule has 3 atom stereocenters. The number of nitrogens with one attached hydrogen (secondary N) is 1. The van der Waals surface area contributed by atoms with E-state index in [2.05, 4.69) is 5.32 Å². The van der Waals surface area contributed by atoms with Gasteiger partial charge in [-0.2, -0.15) is 0 Å². The van der Waals surface area contributed by atoms with Gasteiger partial charge in [-0.25, -0.2) is 0 Å². The Labute approximate surface area is 89.4 Å². The van der Waals surface area contributed by atoms with Gasteiger partial charge in [-0.1, -0.05) is 19.1 Å². The Balaban J connectivity index is 4.21. The van der Waals surface area contributed by atoms with Crippen LogP contribution in [0.25, 0.3) is 0 Å². The number of rotatable bonds is 7. The second kappa shape index (κ2) is 7.39. The van der Waals surface area contributed by atoms with Crippen LogP contribution in [0.1, 0.15) is 13.3 Å². The minimum atomic E-state index is -1.07. The molecule has 0 amide bonds. The average molecular weight is 217 g/mol. The number of aliphatic hydroxyl groups is 2. The van der Waals surface area contributed by atoms with E-state index < -0.39 is 18.1 Å². The van der Waals surface area contributed by atoms with Crippen LogP contribution in [0, 0.1) is 5.92 Å². The number of aliphatic hydroxyl groups excluding tert-OH is 2. The predicted molar refractivity (Wildman–Crippen MR) is 56.5 cm³/mol. The second-order valence-electron chi connectivity index (χ2n) is 3.46. The molecule has 0 fully saturated rings. The summed E-state index contributed by atoms with van der Waals surface area (Å²) in [6.45, 7) is 1.72. The van der Waals surface area contributed by atoms with Crippen LogP contribution < -0.4 is 5.32 Å². The van der Waals surface area contributed by atoms with Crippen LogP contribution >= 0.6 is 0 Å². The van der Waals surface area contributed by atoms with E-state index in [0.717, 1.165) is 0 Å². The van der Waals surface area contributed by atoms with Gasteiger partial charge in [0.15, 0.2) is 0 Å². The highest BCUT2D eigenvalue weighted by Crippen LogP contribution is 2.12. The normalized spacial score (nSPS) is 17.6. The van der Waals surface area contributed by atoms with Crippen LogP contribution in [0.2, 0.25) is 0 Å². The van der Waals surface area contributed by atoms with Crippen LogP contribution in [-0.2, 0) is 4.79 Å². The lowest BCUT2D eigenvalue weighted by molar-refractivity contribution is -0.143. The molecule has 88 valence electrons. The van der Waals surface area contributed by atoms with Crippen molar-refractivity contribution in [2.75, 3.05) is 13.7 Å². The Kier molecular flexibility index (Phi) is 6.94. The molecule has 0 radical (unpaired) electrons. The fourth-order valence-corrected chi connectivity index (χ4v) is 1.29. The summed E-state index contributed by atoms with van der Waals surface area (Å²) in [4.78, 5) is 10.7. The van der Waals surface area contributed by atoms with E-state index in [0.29, 0.717) is 6.42 Å². The van der Waals surface area contributed by atoms with E-state index >= 15 is 0 Å². The molecule has 0 aliphatic heterocycles. The van der Waals surface area contributed by atoms with Gasteiger partial charge >= 0.3 is 5.97 Å². The molecule has 4 N–H and O–H groups in total. The first kappa shape index (κ1) is 14.1. The monoisotopic (exact) mass is 217 g/mol. The van der Waals surface area contributed by atoms with Crippen molar-refractivity contribution in [3.05, 3.63) is 12.2 Å². The van der Waals surface area contributed by atoms with Gasteiger partial charge in [-0.15, -0.1) is 0 Å². The van der Waals surface area contributed by atoms with E-state index in [1.807, 2.05) is 0 Å². The van der Waals surface area contributed by atoms with Crippen molar-refractivity contribution >= 4 is 5.97 Å². The fourth-order valence-electron chi connectivity index (χ4n) is 1.29. The zero-order valence-corrected chi connectivity index (χ0v) is 9.05. The molecule has 0 heterocycles. The van der Waals surface area contributed by atoms with Gasteiger partial charge in [0, 0.05) is 0 Å². The zero-order chi connectivity index (χ0) is 11.8. The number of allylic oxidation sites excluding steroid dienone is 1. The Bertz CT molecular complexity index is 217. The van der Waals surface area contributed by atoms with Crippen molar-refractivity contribution in [3.8, 4) is 0 Å². The predicted octanol–water partition coefficient (Wildman–Crippen LogP) is -0.405. The smallest absolute Gasteiger partial charge is 0.323 e. The van der Waals surface area contributed by atoms with Crippen LogP contribution in [0.4, 0.5) is 0 Å². The van der Waals surface area contributed by atoms with Gasteiger partial charge in [-0.05, 0) is 19.4 Å². The first-order valence-corrected chi connectivity index (χ1v) is 4.88. The molecule has 5 nitrogen and oxygen atoms in total. The summed E-state index contributed by atoms with van der Waals surface area (Å²) >= 11 is 0. The van der Waals surface area contributed by atoms with E-state index in [1.165, 1.54) is 7.05 Å². The molecular weight excluding hydrogens is 198 g/mol. The third kappa shape index (κ3) is 4.92. The molecular formula is C10H19NO4. The molecule has 0 rings (SSSR count). The molecule has 0 aliphatic rings. The lowest BCUT2D eigenvalue weighted by atomic mass is 9.95. The molecule has 3 unspecified atom stereocenters. The number of carboxylic acid groups (broad SMARTS) is 1. The SMILES string of the molecule is CNC(C(=O)O)C(O)C(C)C/C=C/CO. The molecule has 0 saturated heterocycles. The fraction of sp³-hybridized carbons (Fsp3) is 0.700. The maximum atomic E-state index is 10.7. The lowest BCUT2D eigenvalue weighted by Gasteiger charge is -2.23. The average Bonchev–Trinajstić information content (AvgIpc) is 2.18. The number of aliphatic carboxylic acids is 1. The Hall–Kier alpha value is -0.910. The molecule has 0 bridgehead atoms. The summed E-state index contributed by atoms with van der Waals surface area (Å²) in [5.41, 5.74) is 0. The molecule has 0 aliphatic carbocycles. The van der Waals surface area contributed by atoms with E-state index in [4.69, 9.17) is 10.2 Å². The third-order valence-electron chi connectivity index (χ3n) is 2.28. The van der Waals surface area contributed by atoms with Gasteiger partial charge < -0.3 is 20.6 Å². The van der Waals surface area contributed by atoms with Crippen LogP contribution in [0.15, 0.2) is 12.2 Å². The van der Waals surface area contributed by atoms with Crippen LogP contribution in [-0.4, -0.2) is 47.1 Å². The number of hydrogen-bond donors (Lipinski definition) is 4. The van der Waals surface area contributed by atoms with Crippen molar-refractivity contribution in [2.24, 2.45) is 5.92 Å². The van der Waals surface area contributed by atoms with Gasteiger partial charge in [-0.3, -0.25) is 4.79 Å². The minimum Gasteiger partial charge on any atom is -0.480 e. The number of carbonyl (C=O) groups is 1. The van der Waals surface area contributed by atoms with Gasteiger partial charge in [0.05, 0.1) is 12.7 Å². The second-order valence-corrected chi connectivity index (χ2v) is 3.46. The molecule has 0 spiro atoms. The highest BCUT2D eigenvalue weighted by atomic mass is 16.4. The summed E-state index contributed by atoms with van der Waals surface area (Å²) < 4.78 is 0. The van der Waals surface area contributed by atoms with Gasteiger partial charge in [0.2, 0.25) is 0 Å². The number of carboxylic acids is 1. The molecule has 0 aromatic rings. The van der Waals surface area contributed by atoms with Crippen molar-refractivity contribution in [3.63, 3.8) is 0 Å². The molecule has 0 aromatic heterocycles. The first-order chi connectivity index (χ1) is 7.04. The largest absolute Gasteiger partial charge is 0.480 e. The van der Waals surface area contributed by atoms with E-state index in [1.54, 1.807) is 19.1 Å². The molecule has 5 heteroatoms. The van der Waals surface area contributed by atoms with Crippen molar-refractivity contribution in [1.82, 2.24) is 5.32 Å².